The molecular weight excluding hydrogens is 306 g/mol. The molecule has 4 rings (SSSR count). The summed E-state index contributed by atoms with van der Waals surface area (Å²) >= 11 is 0. The van der Waals surface area contributed by atoms with Crippen LogP contribution in [0.4, 0.5) is 0 Å². The number of methoxy groups -OCH3 is 1. The largest absolute Gasteiger partial charge is 0.495 e. The fourth-order valence-electron chi connectivity index (χ4n) is 3.51. The zero-order valence-corrected chi connectivity index (χ0v) is 14.5. The van der Waals surface area contributed by atoms with Crippen LogP contribution in [0.5, 0.6) is 5.75 Å². The molecule has 2 heteroatoms. The summed E-state index contributed by atoms with van der Waals surface area (Å²) < 4.78 is 5.53. The minimum Gasteiger partial charge on any atom is -0.495 e. The van der Waals surface area contributed by atoms with E-state index in [4.69, 9.17) is 4.74 Å². The van der Waals surface area contributed by atoms with Gasteiger partial charge in [0.15, 0.2) is 0 Å². The van der Waals surface area contributed by atoms with E-state index in [1.807, 2.05) is 6.07 Å². The van der Waals surface area contributed by atoms with Gasteiger partial charge in [0, 0.05) is 16.3 Å². The van der Waals surface area contributed by atoms with Gasteiger partial charge in [-0.05, 0) is 35.3 Å². The first-order valence-corrected chi connectivity index (χ1v) is 8.65. The van der Waals surface area contributed by atoms with E-state index in [0.29, 0.717) is 0 Å². The molecule has 124 valence electrons. The van der Waals surface area contributed by atoms with E-state index in [2.05, 4.69) is 78.6 Å². The number of aromatic amines is 1. The predicted octanol–water partition coefficient (Wildman–Crippen LogP) is 6.28. The first-order chi connectivity index (χ1) is 12.3. The second kappa shape index (κ2) is 6.48. The van der Waals surface area contributed by atoms with Crippen LogP contribution in [0.1, 0.15) is 24.5 Å². The maximum Gasteiger partial charge on any atom is 0.142 e. The number of rotatable bonds is 4. The van der Waals surface area contributed by atoms with Gasteiger partial charge in [0.2, 0.25) is 0 Å². The molecule has 1 N–H and O–H groups in total. The molecule has 1 heterocycles. The van der Waals surface area contributed by atoms with E-state index in [9.17, 15) is 0 Å². The molecule has 2 nitrogen and oxygen atoms in total. The normalized spacial score (nSPS) is 12.0. The molecule has 0 radical (unpaired) electrons. The molecule has 0 aliphatic heterocycles. The van der Waals surface area contributed by atoms with Crippen LogP contribution in [0, 0.1) is 0 Å². The highest BCUT2D eigenvalue weighted by Gasteiger charge is 2.13. The minimum atomic E-state index is 0.879. The quantitative estimate of drug-likeness (QED) is 0.438. The zero-order chi connectivity index (χ0) is 17.2. The van der Waals surface area contributed by atoms with E-state index in [0.717, 1.165) is 23.2 Å². The van der Waals surface area contributed by atoms with Gasteiger partial charge in [-0.15, -0.1) is 0 Å². The first-order valence-electron chi connectivity index (χ1n) is 8.65. The van der Waals surface area contributed by atoms with Gasteiger partial charge in [0.05, 0.1) is 12.6 Å². The van der Waals surface area contributed by atoms with Crippen LogP contribution >= 0.6 is 0 Å². The highest BCUT2D eigenvalue weighted by molar-refractivity contribution is 6.14. The molecule has 0 amide bonds. The van der Waals surface area contributed by atoms with Gasteiger partial charge >= 0.3 is 0 Å². The topological polar surface area (TPSA) is 25.0 Å². The summed E-state index contributed by atoms with van der Waals surface area (Å²) in [4.78, 5) is 3.53. The van der Waals surface area contributed by atoms with Crippen LogP contribution in [0.3, 0.4) is 0 Å². The van der Waals surface area contributed by atoms with Crippen LogP contribution < -0.4 is 4.74 Å². The number of para-hydroxylation sites is 1. The molecule has 0 spiro atoms. The van der Waals surface area contributed by atoms with Crippen LogP contribution in [0.25, 0.3) is 33.5 Å². The molecular formula is C23H21NO. The van der Waals surface area contributed by atoms with Crippen molar-refractivity contribution in [1.29, 1.82) is 0 Å². The number of aromatic nitrogens is 1. The second-order valence-electron chi connectivity index (χ2n) is 6.17. The Morgan fingerprint density at radius 1 is 0.960 bits per heavy atom. The lowest BCUT2D eigenvalue weighted by Gasteiger charge is -2.08. The third-order valence-electron chi connectivity index (χ3n) is 4.71. The lowest BCUT2D eigenvalue weighted by atomic mass is 9.96. The van der Waals surface area contributed by atoms with Crippen molar-refractivity contribution < 1.29 is 4.74 Å². The summed E-state index contributed by atoms with van der Waals surface area (Å²) in [6.45, 7) is 2.21. The molecule has 0 fully saturated rings. The van der Waals surface area contributed by atoms with Crippen molar-refractivity contribution in [2.24, 2.45) is 0 Å². The van der Waals surface area contributed by atoms with Gasteiger partial charge in [-0.25, -0.2) is 0 Å². The fraction of sp³-hybridized carbons (Fsp3) is 0.130. The Kier molecular flexibility index (Phi) is 4.02. The molecule has 25 heavy (non-hydrogen) atoms. The van der Waals surface area contributed by atoms with Crippen molar-refractivity contribution in [2.75, 3.05) is 7.11 Å². The van der Waals surface area contributed by atoms with Gasteiger partial charge in [-0.3, -0.25) is 0 Å². The van der Waals surface area contributed by atoms with Crippen LogP contribution in [0.15, 0.2) is 66.7 Å². The smallest absolute Gasteiger partial charge is 0.142 e. The van der Waals surface area contributed by atoms with E-state index in [1.54, 1.807) is 7.11 Å². The lowest BCUT2D eigenvalue weighted by Crippen LogP contribution is -1.86. The SMILES string of the molecule is CC/C(=C\c1ccccc1)c1cccc2[nH]c3c(OC)cccc3c12. The molecule has 0 saturated heterocycles. The number of benzene rings is 3. The number of allylic oxidation sites excluding steroid dienone is 1. The van der Waals surface area contributed by atoms with Crippen molar-refractivity contribution in [3.63, 3.8) is 0 Å². The lowest BCUT2D eigenvalue weighted by molar-refractivity contribution is 0.419. The van der Waals surface area contributed by atoms with Gasteiger partial charge in [0.25, 0.3) is 0 Å². The molecule has 0 atom stereocenters. The summed E-state index contributed by atoms with van der Waals surface area (Å²) in [5.74, 6) is 0.879. The Morgan fingerprint density at radius 3 is 2.52 bits per heavy atom. The Morgan fingerprint density at radius 2 is 1.76 bits per heavy atom. The van der Waals surface area contributed by atoms with Gasteiger partial charge in [-0.1, -0.05) is 67.6 Å². The standard InChI is InChI=1S/C23H21NO/c1-3-17(15-16-9-5-4-6-10-16)18-11-7-13-20-22(18)19-12-8-14-21(25-2)23(19)24-20/h4-15,24H,3H2,1-2H3/b17-15+. The zero-order valence-electron chi connectivity index (χ0n) is 14.5. The van der Waals surface area contributed by atoms with E-state index in [1.165, 1.54) is 27.5 Å². The predicted molar refractivity (Wildman–Crippen MR) is 107 cm³/mol. The highest BCUT2D eigenvalue weighted by Crippen LogP contribution is 2.37. The number of nitrogens with one attached hydrogen (secondary N) is 1. The molecule has 0 unspecified atom stereocenters. The monoisotopic (exact) mass is 327 g/mol. The number of fused-ring (bicyclic) bond motifs is 3. The summed E-state index contributed by atoms with van der Waals surface area (Å²) in [5.41, 5.74) is 6.05. The van der Waals surface area contributed by atoms with Crippen LogP contribution in [-0.2, 0) is 0 Å². The van der Waals surface area contributed by atoms with E-state index < -0.39 is 0 Å². The Balaban J connectivity index is 2.00. The van der Waals surface area contributed by atoms with Gasteiger partial charge in [0.1, 0.15) is 5.75 Å². The molecule has 0 bridgehead atoms. The number of H-pyrrole nitrogens is 1. The summed E-state index contributed by atoms with van der Waals surface area (Å²) in [5, 5.41) is 2.47. The summed E-state index contributed by atoms with van der Waals surface area (Å²) in [6.07, 6.45) is 3.26. The molecule has 0 aliphatic rings. The highest BCUT2D eigenvalue weighted by atomic mass is 16.5. The Bertz CT molecular complexity index is 1060. The van der Waals surface area contributed by atoms with Crippen molar-refractivity contribution in [1.82, 2.24) is 4.98 Å². The fourth-order valence-corrected chi connectivity index (χ4v) is 3.51. The third-order valence-corrected chi connectivity index (χ3v) is 4.71. The van der Waals surface area contributed by atoms with Crippen molar-refractivity contribution in [3.05, 3.63) is 77.9 Å². The Hall–Kier alpha value is -3.00. The van der Waals surface area contributed by atoms with Gasteiger partial charge in [-0.2, -0.15) is 0 Å². The van der Waals surface area contributed by atoms with Crippen molar-refractivity contribution in [3.8, 4) is 5.75 Å². The molecule has 4 aromatic rings. The Labute approximate surface area is 147 Å². The van der Waals surface area contributed by atoms with Gasteiger partial charge < -0.3 is 9.72 Å². The maximum absolute atomic E-state index is 5.53. The third kappa shape index (κ3) is 2.70. The van der Waals surface area contributed by atoms with E-state index in [-0.39, 0.29) is 0 Å². The molecule has 1 aromatic heterocycles. The average molecular weight is 327 g/mol. The maximum atomic E-state index is 5.53. The van der Waals surface area contributed by atoms with Crippen molar-refractivity contribution in [2.45, 2.75) is 13.3 Å². The van der Waals surface area contributed by atoms with E-state index >= 15 is 0 Å². The van der Waals surface area contributed by atoms with Crippen LogP contribution in [0.2, 0.25) is 0 Å². The van der Waals surface area contributed by atoms with Crippen LogP contribution in [-0.4, -0.2) is 12.1 Å². The number of hydrogen-bond acceptors (Lipinski definition) is 1. The van der Waals surface area contributed by atoms with Crippen molar-refractivity contribution >= 4 is 33.5 Å². The molecule has 0 aliphatic carbocycles. The minimum absolute atomic E-state index is 0.879. The second-order valence-corrected chi connectivity index (χ2v) is 6.17. The number of hydrogen-bond donors (Lipinski definition) is 1. The average Bonchev–Trinajstić information content (AvgIpc) is 3.06. The number of ether oxygens (including phenoxy) is 1. The summed E-state index contributed by atoms with van der Waals surface area (Å²) in [7, 11) is 1.72. The first kappa shape index (κ1) is 15.5. The molecule has 3 aromatic carbocycles. The summed E-state index contributed by atoms with van der Waals surface area (Å²) in [6, 6.07) is 23.2. The molecule has 0 saturated carbocycles.